The van der Waals surface area contributed by atoms with Gasteiger partial charge in [-0.2, -0.15) is 0 Å². The van der Waals surface area contributed by atoms with Crippen molar-refractivity contribution in [3.63, 3.8) is 0 Å². The Labute approximate surface area is 186 Å². The third-order valence-corrected chi connectivity index (χ3v) is 6.16. The summed E-state index contributed by atoms with van der Waals surface area (Å²) in [6.45, 7) is 11.1. The van der Waals surface area contributed by atoms with E-state index in [-0.39, 0.29) is 0 Å². The molecule has 0 spiro atoms. The molecule has 3 aromatic rings. The van der Waals surface area contributed by atoms with Gasteiger partial charge in [0.1, 0.15) is 0 Å². The number of benzene rings is 2. The van der Waals surface area contributed by atoms with Gasteiger partial charge in [0.2, 0.25) is 0 Å². The van der Waals surface area contributed by atoms with Gasteiger partial charge in [0, 0.05) is 36.1 Å². The first-order valence-electron chi connectivity index (χ1n) is 10.9. The molecule has 1 heterocycles. The largest absolute Gasteiger partial charge is 0.388 e. The number of nitrogens with zero attached hydrogens (tertiary/aromatic N) is 1. The van der Waals surface area contributed by atoms with E-state index in [1.807, 2.05) is 31.4 Å². The molecule has 160 valence electrons. The van der Waals surface area contributed by atoms with Gasteiger partial charge in [-0.3, -0.25) is 4.98 Å². The van der Waals surface area contributed by atoms with E-state index in [0.717, 1.165) is 40.7 Å². The molecular formula is C28H33N3. The summed E-state index contributed by atoms with van der Waals surface area (Å²) in [6, 6.07) is 16.6. The average Bonchev–Trinajstić information content (AvgIpc) is 2.78. The van der Waals surface area contributed by atoms with Crippen molar-refractivity contribution in [3.8, 4) is 0 Å². The minimum Gasteiger partial charge on any atom is -0.388 e. The Morgan fingerprint density at radius 3 is 2.65 bits per heavy atom. The molecule has 3 rings (SSSR count). The standard InChI is InChI=1S/C28H33N3/c1-19(15-22(4)23-10-11-27(30-5)25(17-23)18-29)14-20(2)21(3)16-24-12-13-31-28-9-7-6-8-26(24)28/h6-13,15,17-18,20-21,29-30H,4,14,16H2,1-3,5H3. The third-order valence-electron chi connectivity index (χ3n) is 6.16. The second-order valence-corrected chi connectivity index (χ2v) is 8.56. The highest BCUT2D eigenvalue weighted by atomic mass is 14.8. The maximum atomic E-state index is 7.64. The predicted molar refractivity (Wildman–Crippen MR) is 135 cm³/mol. The van der Waals surface area contributed by atoms with Crippen molar-refractivity contribution >= 4 is 28.4 Å². The van der Waals surface area contributed by atoms with Gasteiger partial charge in [-0.05, 0) is 72.6 Å². The number of fused-ring (bicyclic) bond motifs is 1. The van der Waals surface area contributed by atoms with Gasteiger partial charge in [0.15, 0.2) is 0 Å². The lowest BCUT2D eigenvalue weighted by atomic mass is 9.84. The summed E-state index contributed by atoms with van der Waals surface area (Å²) in [5.74, 6) is 1.11. The van der Waals surface area contributed by atoms with Crippen molar-refractivity contribution in [2.75, 3.05) is 12.4 Å². The molecular weight excluding hydrogens is 378 g/mol. The Balaban J connectivity index is 1.67. The van der Waals surface area contributed by atoms with Crippen molar-refractivity contribution in [2.24, 2.45) is 11.8 Å². The van der Waals surface area contributed by atoms with Crippen LogP contribution in [0.5, 0.6) is 0 Å². The lowest BCUT2D eigenvalue weighted by Gasteiger charge is -2.21. The van der Waals surface area contributed by atoms with E-state index in [1.165, 1.54) is 22.7 Å². The van der Waals surface area contributed by atoms with Crippen LogP contribution in [0.25, 0.3) is 16.5 Å². The van der Waals surface area contributed by atoms with Crippen LogP contribution in [-0.2, 0) is 6.42 Å². The van der Waals surface area contributed by atoms with Crippen molar-refractivity contribution < 1.29 is 0 Å². The Bertz CT molecular complexity index is 1100. The number of para-hydroxylation sites is 1. The highest BCUT2D eigenvalue weighted by Crippen LogP contribution is 2.28. The number of hydrogen-bond acceptors (Lipinski definition) is 3. The molecule has 0 bridgehead atoms. The summed E-state index contributed by atoms with van der Waals surface area (Å²) in [7, 11) is 1.87. The first-order valence-corrected chi connectivity index (χ1v) is 10.9. The number of anilines is 1. The van der Waals surface area contributed by atoms with Crippen LogP contribution >= 0.6 is 0 Å². The number of rotatable bonds is 9. The first kappa shape index (κ1) is 22.5. The van der Waals surface area contributed by atoms with Crippen molar-refractivity contribution in [3.05, 3.63) is 89.6 Å². The number of pyridine rings is 1. The molecule has 3 heteroatoms. The van der Waals surface area contributed by atoms with Gasteiger partial charge in [-0.1, -0.05) is 56.3 Å². The molecule has 2 atom stereocenters. The second-order valence-electron chi connectivity index (χ2n) is 8.56. The molecule has 0 aliphatic heterocycles. The van der Waals surface area contributed by atoms with Crippen molar-refractivity contribution in [1.82, 2.24) is 4.98 Å². The lowest BCUT2D eigenvalue weighted by molar-refractivity contribution is 0.383. The number of nitrogens with one attached hydrogen (secondary N) is 2. The molecule has 0 aliphatic carbocycles. The average molecular weight is 412 g/mol. The van der Waals surface area contributed by atoms with Crippen LogP contribution in [0.4, 0.5) is 5.69 Å². The zero-order valence-corrected chi connectivity index (χ0v) is 19.1. The van der Waals surface area contributed by atoms with Gasteiger partial charge in [0.25, 0.3) is 0 Å². The number of allylic oxidation sites excluding steroid dienone is 3. The monoisotopic (exact) mass is 411 g/mol. The van der Waals surface area contributed by atoms with E-state index >= 15 is 0 Å². The van der Waals surface area contributed by atoms with Crippen LogP contribution in [0.15, 0.2) is 73.0 Å². The van der Waals surface area contributed by atoms with E-state index < -0.39 is 0 Å². The predicted octanol–water partition coefficient (Wildman–Crippen LogP) is 7.14. The smallest absolute Gasteiger partial charge is 0.0704 e. The van der Waals surface area contributed by atoms with E-state index in [0.29, 0.717) is 11.8 Å². The Morgan fingerprint density at radius 2 is 1.90 bits per heavy atom. The molecule has 2 N–H and O–H groups in total. The lowest BCUT2D eigenvalue weighted by Crippen LogP contribution is -2.12. The van der Waals surface area contributed by atoms with Crippen LogP contribution in [0.3, 0.4) is 0 Å². The maximum Gasteiger partial charge on any atom is 0.0704 e. The topological polar surface area (TPSA) is 48.8 Å². The maximum absolute atomic E-state index is 7.64. The van der Waals surface area contributed by atoms with Gasteiger partial charge in [-0.25, -0.2) is 0 Å². The molecule has 2 unspecified atom stereocenters. The fraction of sp³-hybridized carbons (Fsp3) is 0.286. The summed E-state index contributed by atoms with van der Waals surface area (Å²) in [6.07, 6.45) is 7.58. The zero-order chi connectivity index (χ0) is 22.4. The SMILES string of the molecule is C=C(C=C(C)CC(C)C(C)Cc1ccnc2ccccc12)c1ccc(NC)c(C=N)c1. The number of hydrogen-bond donors (Lipinski definition) is 2. The molecule has 0 saturated heterocycles. The summed E-state index contributed by atoms with van der Waals surface area (Å²) < 4.78 is 0. The van der Waals surface area contributed by atoms with Crippen LogP contribution in [0.1, 0.15) is 43.9 Å². The number of aromatic nitrogens is 1. The summed E-state index contributed by atoms with van der Waals surface area (Å²) in [5.41, 5.74) is 7.65. The fourth-order valence-electron chi connectivity index (χ4n) is 4.14. The highest BCUT2D eigenvalue weighted by molar-refractivity contribution is 5.88. The van der Waals surface area contributed by atoms with Crippen molar-refractivity contribution in [2.45, 2.75) is 33.6 Å². The van der Waals surface area contributed by atoms with Crippen LogP contribution in [0.2, 0.25) is 0 Å². The molecule has 0 aliphatic rings. The van der Waals surface area contributed by atoms with E-state index in [1.54, 1.807) is 0 Å². The van der Waals surface area contributed by atoms with E-state index in [2.05, 4.69) is 74.1 Å². The van der Waals surface area contributed by atoms with Crippen LogP contribution in [-0.4, -0.2) is 18.2 Å². The molecule has 1 aromatic heterocycles. The van der Waals surface area contributed by atoms with Crippen LogP contribution < -0.4 is 5.32 Å². The Kier molecular flexibility index (Phi) is 7.41. The summed E-state index contributed by atoms with van der Waals surface area (Å²) >= 11 is 0. The van der Waals surface area contributed by atoms with Gasteiger partial charge < -0.3 is 10.7 Å². The molecule has 0 saturated carbocycles. The molecule has 3 nitrogen and oxygen atoms in total. The van der Waals surface area contributed by atoms with Gasteiger partial charge >= 0.3 is 0 Å². The summed E-state index contributed by atoms with van der Waals surface area (Å²) in [5, 5.41) is 12.0. The van der Waals surface area contributed by atoms with Gasteiger partial charge in [-0.15, -0.1) is 0 Å². The van der Waals surface area contributed by atoms with E-state index in [9.17, 15) is 0 Å². The molecule has 0 amide bonds. The second kappa shape index (κ2) is 10.2. The summed E-state index contributed by atoms with van der Waals surface area (Å²) in [4.78, 5) is 4.49. The fourth-order valence-corrected chi connectivity index (χ4v) is 4.14. The Hall–Kier alpha value is -3.20. The highest BCUT2D eigenvalue weighted by Gasteiger charge is 2.15. The Morgan fingerprint density at radius 1 is 1.13 bits per heavy atom. The zero-order valence-electron chi connectivity index (χ0n) is 19.1. The minimum absolute atomic E-state index is 0.555. The van der Waals surface area contributed by atoms with Crippen LogP contribution in [0, 0.1) is 17.2 Å². The van der Waals surface area contributed by atoms with Gasteiger partial charge in [0.05, 0.1) is 5.52 Å². The van der Waals surface area contributed by atoms with E-state index in [4.69, 9.17) is 5.41 Å². The third kappa shape index (κ3) is 5.49. The first-order chi connectivity index (χ1) is 14.9. The molecule has 2 aromatic carbocycles. The molecule has 0 radical (unpaired) electrons. The molecule has 0 fully saturated rings. The molecule has 31 heavy (non-hydrogen) atoms. The minimum atomic E-state index is 0.555. The van der Waals surface area contributed by atoms with Crippen molar-refractivity contribution in [1.29, 1.82) is 5.41 Å². The normalized spacial score (nSPS) is 13.6. The quantitative estimate of drug-likeness (QED) is 0.290.